The van der Waals surface area contributed by atoms with Crippen molar-refractivity contribution in [2.24, 2.45) is 5.92 Å². The van der Waals surface area contributed by atoms with Crippen LogP contribution in [0.15, 0.2) is 0 Å². The quantitative estimate of drug-likeness (QED) is 0.637. The Hall–Kier alpha value is -1.23. The number of hydrogen-bond donors (Lipinski definition) is 2. The van der Waals surface area contributed by atoms with Crippen LogP contribution in [0.5, 0.6) is 0 Å². The third-order valence-corrected chi connectivity index (χ3v) is 3.67. The Labute approximate surface area is 121 Å². The van der Waals surface area contributed by atoms with E-state index in [1.54, 1.807) is 7.05 Å². The van der Waals surface area contributed by atoms with Crippen molar-refractivity contribution in [3.05, 3.63) is 0 Å². The molecule has 0 aromatic heterocycles. The van der Waals surface area contributed by atoms with Crippen LogP contribution in [0.2, 0.25) is 0 Å². The van der Waals surface area contributed by atoms with E-state index in [9.17, 15) is 14.4 Å². The van der Waals surface area contributed by atoms with Crippen LogP contribution in [-0.4, -0.2) is 36.6 Å². The molecule has 0 heterocycles. The van der Waals surface area contributed by atoms with Crippen molar-refractivity contribution < 1.29 is 14.4 Å². The molecule has 5 nitrogen and oxygen atoms in total. The number of carbonyl (C=O) groups excluding carboxylic acids is 3. The SMILES string of the molecule is CCC(CC(=O)C(CC)NC)C(=O)NC(CC)C(C)=O. The van der Waals surface area contributed by atoms with E-state index in [0.717, 1.165) is 0 Å². The molecule has 116 valence electrons. The lowest BCUT2D eigenvalue weighted by atomic mass is 9.94. The highest BCUT2D eigenvalue weighted by molar-refractivity contribution is 5.92. The Bertz CT molecular complexity index is 338. The van der Waals surface area contributed by atoms with Gasteiger partial charge in [-0.1, -0.05) is 20.8 Å². The number of hydrogen-bond acceptors (Lipinski definition) is 4. The first-order valence-electron chi connectivity index (χ1n) is 7.41. The van der Waals surface area contributed by atoms with Gasteiger partial charge in [-0.05, 0) is 33.2 Å². The minimum absolute atomic E-state index is 0.0490. The normalized spacial score (nSPS) is 15.2. The highest BCUT2D eigenvalue weighted by Crippen LogP contribution is 2.12. The first-order valence-corrected chi connectivity index (χ1v) is 7.41. The summed E-state index contributed by atoms with van der Waals surface area (Å²) in [6, 6.07) is -0.649. The molecule has 3 unspecified atom stereocenters. The van der Waals surface area contributed by atoms with Crippen LogP contribution in [0, 0.1) is 5.92 Å². The Morgan fingerprint density at radius 1 is 0.950 bits per heavy atom. The van der Waals surface area contributed by atoms with Crippen LogP contribution in [0.3, 0.4) is 0 Å². The summed E-state index contributed by atoms with van der Waals surface area (Å²) >= 11 is 0. The Balaban J connectivity index is 4.63. The predicted molar refractivity (Wildman–Crippen MR) is 79.4 cm³/mol. The molecule has 0 rings (SSSR count). The lowest BCUT2D eigenvalue weighted by Crippen LogP contribution is -2.44. The van der Waals surface area contributed by atoms with Crippen LogP contribution in [-0.2, 0) is 14.4 Å². The van der Waals surface area contributed by atoms with E-state index in [1.165, 1.54) is 6.92 Å². The maximum atomic E-state index is 12.1. The molecule has 1 amide bonds. The Morgan fingerprint density at radius 2 is 1.50 bits per heavy atom. The molecule has 0 aromatic rings. The average molecular weight is 284 g/mol. The van der Waals surface area contributed by atoms with Gasteiger partial charge in [-0.25, -0.2) is 0 Å². The van der Waals surface area contributed by atoms with Crippen molar-refractivity contribution in [1.29, 1.82) is 0 Å². The third kappa shape index (κ3) is 5.82. The monoisotopic (exact) mass is 284 g/mol. The Morgan fingerprint density at radius 3 is 1.85 bits per heavy atom. The summed E-state index contributed by atoms with van der Waals surface area (Å²) in [5.41, 5.74) is 0. The second-order valence-corrected chi connectivity index (χ2v) is 5.11. The van der Waals surface area contributed by atoms with Crippen molar-refractivity contribution in [2.45, 2.75) is 65.5 Å². The minimum Gasteiger partial charge on any atom is -0.346 e. The zero-order chi connectivity index (χ0) is 15.7. The van der Waals surface area contributed by atoms with Gasteiger partial charge in [-0.2, -0.15) is 0 Å². The van der Waals surface area contributed by atoms with E-state index in [4.69, 9.17) is 0 Å². The van der Waals surface area contributed by atoms with Crippen LogP contribution in [0.25, 0.3) is 0 Å². The van der Waals surface area contributed by atoms with E-state index < -0.39 is 6.04 Å². The summed E-state index contributed by atoms with van der Waals surface area (Å²) in [7, 11) is 1.75. The standard InChI is InChI=1S/C15H28N2O3/c1-6-11(9-14(19)13(8-3)16-5)15(20)17-12(7-2)10(4)18/h11-13,16H,6-9H2,1-5H3,(H,17,20). The summed E-state index contributed by atoms with van der Waals surface area (Å²) in [6.45, 7) is 7.14. The minimum atomic E-state index is -0.446. The van der Waals surface area contributed by atoms with Gasteiger partial charge in [0.1, 0.15) is 0 Å². The zero-order valence-corrected chi connectivity index (χ0v) is 13.3. The molecular formula is C15H28N2O3. The van der Waals surface area contributed by atoms with Gasteiger partial charge in [-0.3, -0.25) is 14.4 Å². The van der Waals surface area contributed by atoms with Gasteiger partial charge in [0.05, 0.1) is 12.1 Å². The van der Waals surface area contributed by atoms with Gasteiger partial charge in [0, 0.05) is 12.3 Å². The van der Waals surface area contributed by atoms with Crippen LogP contribution >= 0.6 is 0 Å². The first-order chi connectivity index (χ1) is 9.40. The van der Waals surface area contributed by atoms with E-state index >= 15 is 0 Å². The van der Waals surface area contributed by atoms with Crippen LogP contribution in [0.4, 0.5) is 0 Å². The molecule has 3 atom stereocenters. The summed E-state index contributed by atoms with van der Waals surface area (Å²) in [6.07, 6.45) is 2.08. The number of Topliss-reactive ketones (excluding diaryl/α,β-unsaturated/α-hetero) is 2. The van der Waals surface area contributed by atoms with Crippen LogP contribution < -0.4 is 10.6 Å². The largest absolute Gasteiger partial charge is 0.346 e. The second-order valence-electron chi connectivity index (χ2n) is 5.11. The Kier molecular flexibility index (Phi) is 9.05. The molecule has 0 saturated carbocycles. The fraction of sp³-hybridized carbons (Fsp3) is 0.800. The maximum Gasteiger partial charge on any atom is 0.224 e. The lowest BCUT2D eigenvalue weighted by molar-refractivity contribution is -0.132. The number of carbonyl (C=O) groups is 3. The van der Waals surface area contributed by atoms with Gasteiger partial charge in [-0.15, -0.1) is 0 Å². The van der Waals surface area contributed by atoms with Crippen molar-refractivity contribution in [3.63, 3.8) is 0 Å². The number of nitrogens with one attached hydrogen (secondary N) is 2. The molecule has 0 saturated heterocycles. The summed E-state index contributed by atoms with van der Waals surface area (Å²) in [5, 5.41) is 5.69. The molecule has 0 aliphatic carbocycles. The third-order valence-electron chi connectivity index (χ3n) is 3.67. The lowest BCUT2D eigenvalue weighted by Gasteiger charge is -2.20. The fourth-order valence-corrected chi connectivity index (χ4v) is 2.18. The van der Waals surface area contributed by atoms with E-state index in [0.29, 0.717) is 19.3 Å². The van der Waals surface area contributed by atoms with Gasteiger partial charge >= 0.3 is 0 Å². The van der Waals surface area contributed by atoms with E-state index in [2.05, 4.69) is 10.6 Å². The fourth-order valence-electron chi connectivity index (χ4n) is 2.18. The predicted octanol–water partition coefficient (Wildman–Crippen LogP) is 1.45. The molecule has 0 aliphatic rings. The van der Waals surface area contributed by atoms with Crippen LogP contribution in [0.1, 0.15) is 53.4 Å². The van der Waals surface area contributed by atoms with Crippen molar-refractivity contribution in [1.82, 2.24) is 10.6 Å². The van der Waals surface area contributed by atoms with E-state index in [1.807, 2.05) is 20.8 Å². The number of likely N-dealkylation sites (N-methyl/N-ethyl adjacent to an activating group) is 1. The molecule has 0 aliphatic heterocycles. The van der Waals surface area contributed by atoms with Crippen molar-refractivity contribution >= 4 is 17.5 Å². The highest BCUT2D eigenvalue weighted by Gasteiger charge is 2.25. The molecule has 0 spiro atoms. The second kappa shape index (κ2) is 9.64. The first kappa shape index (κ1) is 18.8. The number of rotatable bonds is 10. The molecule has 0 fully saturated rings. The molecule has 20 heavy (non-hydrogen) atoms. The molecule has 2 N–H and O–H groups in total. The maximum absolute atomic E-state index is 12.1. The van der Waals surface area contributed by atoms with Gasteiger partial charge in [0.15, 0.2) is 11.6 Å². The molecule has 0 aromatic carbocycles. The van der Waals surface area contributed by atoms with Crippen molar-refractivity contribution in [3.8, 4) is 0 Å². The topological polar surface area (TPSA) is 75.3 Å². The molecule has 5 heteroatoms. The summed E-state index contributed by atoms with van der Waals surface area (Å²) in [4.78, 5) is 35.6. The molecule has 0 radical (unpaired) electrons. The van der Waals surface area contributed by atoms with Crippen molar-refractivity contribution in [2.75, 3.05) is 7.05 Å². The summed E-state index contributed by atoms with van der Waals surface area (Å²) < 4.78 is 0. The number of ketones is 2. The van der Waals surface area contributed by atoms with Gasteiger partial charge in [0.2, 0.25) is 5.91 Å². The van der Waals surface area contributed by atoms with E-state index in [-0.39, 0.29) is 35.9 Å². The molecular weight excluding hydrogens is 256 g/mol. The summed E-state index contributed by atoms with van der Waals surface area (Å²) in [5.74, 6) is -0.566. The highest BCUT2D eigenvalue weighted by atomic mass is 16.2. The smallest absolute Gasteiger partial charge is 0.224 e. The average Bonchev–Trinajstić information content (AvgIpc) is 2.42. The molecule has 0 bridgehead atoms. The zero-order valence-electron chi connectivity index (χ0n) is 13.3. The van der Waals surface area contributed by atoms with Gasteiger partial charge in [0.25, 0.3) is 0 Å². The number of amides is 1. The van der Waals surface area contributed by atoms with Gasteiger partial charge < -0.3 is 10.6 Å².